The molecule has 1 aromatic rings. The molecular formula is C13H13N3O5. The molecule has 1 heterocycles. The minimum absolute atomic E-state index is 0.101. The number of carbonyl (C=O) groups is 2. The summed E-state index contributed by atoms with van der Waals surface area (Å²) >= 11 is 0. The number of carbonyl (C=O) groups excluding carboxylic acids is 2. The van der Waals surface area contributed by atoms with Gasteiger partial charge in [0, 0.05) is 22.9 Å². The molecule has 0 aliphatic carbocycles. The second kappa shape index (κ2) is 5.23. The van der Waals surface area contributed by atoms with Crippen LogP contribution in [0.15, 0.2) is 29.5 Å². The van der Waals surface area contributed by atoms with E-state index in [4.69, 9.17) is 0 Å². The van der Waals surface area contributed by atoms with Crippen molar-refractivity contribution in [2.45, 2.75) is 19.9 Å². The molecule has 3 N–H and O–H groups in total. The third-order valence-corrected chi connectivity index (χ3v) is 3.20. The van der Waals surface area contributed by atoms with Gasteiger partial charge in [0.2, 0.25) is 0 Å². The van der Waals surface area contributed by atoms with Crippen molar-refractivity contribution in [1.29, 1.82) is 0 Å². The fourth-order valence-electron chi connectivity index (χ4n) is 2.32. The summed E-state index contributed by atoms with van der Waals surface area (Å²) in [4.78, 5) is 33.5. The van der Waals surface area contributed by atoms with Crippen molar-refractivity contribution >= 4 is 17.5 Å². The summed E-state index contributed by atoms with van der Waals surface area (Å²) in [5, 5.41) is 25.9. The lowest BCUT2D eigenvalue weighted by atomic mass is 9.92. The van der Waals surface area contributed by atoms with Crippen molar-refractivity contribution in [2.24, 2.45) is 0 Å². The van der Waals surface area contributed by atoms with Gasteiger partial charge in [-0.15, -0.1) is 0 Å². The molecule has 8 nitrogen and oxygen atoms in total. The van der Waals surface area contributed by atoms with Gasteiger partial charge in [-0.2, -0.15) is 0 Å². The van der Waals surface area contributed by atoms with E-state index in [1.165, 1.54) is 19.1 Å². The molecule has 2 rings (SSSR count). The molecule has 0 spiro atoms. The molecular weight excluding hydrogens is 278 g/mol. The topological polar surface area (TPSA) is 122 Å². The van der Waals surface area contributed by atoms with Crippen LogP contribution in [0.3, 0.4) is 0 Å². The number of hydrogen-bond acceptors (Lipinski definition) is 5. The minimum Gasteiger partial charge on any atom is -0.502 e. The Morgan fingerprint density at radius 3 is 2.67 bits per heavy atom. The first-order valence-corrected chi connectivity index (χ1v) is 6.08. The molecule has 110 valence electrons. The largest absolute Gasteiger partial charge is 0.502 e. The zero-order chi connectivity index (χ0) is 15.7. The number of Topliss-reactive ketones (excluding diaryl/α,β-unsaturated/α-hetero) is 1. The van der Waals surface area contributed by atoms with E-state index < -0.39 is 28.4 Å². The van der Waals surface area contributed by atoms with E-state index in [0.29, 0.717) is 5.70 Å². The number of rotatable bonds is 3. The van der Waals surface area contributed by atoms with Gasteiger partial charge in [-0.05, 0) is 13.8 Å². The molecule has 21 heavy (non-hydrogen) atoms. The fraction of sp³-hybridized carbons (Fsp3) is 0.231. The Hall–Kier alpha value is -2.90. The quantitative estimate of drug-likeness (QED) is 0.575. The van der Waals surface area contributed by atoms with Crippen molar-refractivity contribution in [3.8, 4) is 5.75 Å². The number of hydrogen-bond donors (Lipinski definition) is 3. The van der Waals surface area contributed by atoms with E-state index in [2.05, 4.69) is 10.6 Å². The number of benzene rings is 1. The van der Waals surface area contributed by atoms with Crippen LogP contribution in [0.2, 0.25) is 0 Å². The number of para-hydroxylation sites is 1. The lowest BCUT2D eigenvalue weighted by Crippen LogP contribution is -2.44. The van der Waals surface area contributed by atoms with E-state index >= 15 is 0 Å². The highest BCUT2D eigenvalue weighted by molar-refractivity contribution is 5.98. The van der Waals surface area contributed by atoms with Crippen LogP contribution >= 0.6 is 0 Å². The number of phenolic OH excluding ortho intramolecular Hbond substituents is 1. The predicted molar refractivity (Wildman–Crippen MR) is 72.6 cm³/mol. The average Bonchev–Trinajstić information content (AvgIpc) is 2.36. The van der Waals surface area contributed by atoms with Crippen LogP contribution in [0.25, 0.3) is 0 Å². The first kappa shape index (κ1) is 14.5. The maximum atomic E-state index is 11.8. The SMILES string of the molecule is CC(=O)C1=C(C)NC(=O)N[C@H]1c1cccc([N+](=O)[O-])c1O. The third kappa shape index (κ3) is 2.55. The van der Waals surface area contributed by atoms with Crippen LogP contribution in [0.1, 0.15) is 25.5 Å². The Labute approximate surface area is 119 Å². The summed E-state index contributed by atoms with van der Waals surface area (Å²) < 4.78 is 0. The van der Waals surface area contributed by atoms with E-state index in [1.807, 2.05) is 0 Å². The second-order valence-electron chi connectivity index (χ2n) is 4.60. The van der Waals surface area contributed by atoms with Crippen LogP contribution in [-0.4, -0.2) is 21.8 Å². The Balaban J connectivity index is 2.61. The molecule has 0 fully saturated rings. The Morgan fingerprint density at radius 2 is 2.10 bits per heavy atom. The molecule has 8 heteroatoms. The number of nitro benzene ring substituents is 1. The second-order valence-corrected chi connectivity index (χ2v) is 4.60. The highest BCUT2D eigenvalue weighted by Gasteiger charge is 2.32. The first-order chi connectivity index (χ1) is 9.82. The van der Waals surface area contributed by atoms with Crippen molar-refractivity contribution in [2.75, 3.05) is 0 Å². The number of ketones is 1. The molecule has 2 amide bonds. The van der Waals surface area contributed by atoms with E-state index in [0.717, 1.165) is 6.07 Å². The maximum absolute atomic E-state index is 11.8. The molecule has 0 radical (unpaired) electrons. The van der Waals surface area contributed by atoms with Gasteiger partial charge < -0.3 is 15.7 Å². The Bertz CT molecular complexity index is 680. The highest BCUT2D eigenvalue weighted by Crippen LogP contribution is 2.37. The molecule has 1 aliphatic rings. The summed E-state index contributed by atoms with van der Waals surface area (Å²) in [7, 11) is 0. The fourth-order valence-corrected chi connectivity index (χ4v) is 2.32. The van der Waals surface area contributed by atoms with Crippen LogP contribution < -0.4 is 10.6 Å². The van der Waals surface area contributed by atoms with E-state index in [1.54, 1.807) is 6.92 Å². The van der Waals surface area contributed by atoms with Gasteiger partial charge in [-0.1, -0.05) is 12.1 Å². The molecule has 0 bridgehead atoms. The lowest BCUT2D eigenvalue weighted by molar-refractivity contribution is -0.385. The summed E-state index contributed by atoms with van der Waals surface area (Å²) in [6, 6.07) is 2.47. The number of amides is 2. The molecule has 0 aromatic heterocycles. The summed E-state index contributed by atoms with van der Waals surface area (Å²) in [6.07, 6.45) is 0. The summed E-state index contributed by atoms with van der Waals surface area (Å²) in [6.45, 7) is 2.87. The standard InChI is InChI=1S/C13H13N3O5/c1-6-10(7(2)17)11(15-13(19)14-6)8-4-3-5-9(12(8)18)16(20)21/h3-5,11,18H,1-2H3,(H2,14,15,19)/t11-/m0/s1. The third-order valence-electron chi connectivity index (χ3n) is 3.20. The van der Waals surface area contributed by atoms with Gasteiger partial charge in [-0.25, -0.2) is 4.79 Å². The van der Waals surface area contributed by atoms with E-state index in [9.17, 15) is 24.8 Å². The Morgan fingerprint density at radius 1 is 1.43 bits per heavy atom. The number of nitrogens with one attached hydrogen (secondary N) is 2. The van der Waals surface area contributed by atoms with Crippen LogP contribution in [0.5, 0.6) is 5.75 Å². The zero-order valence-corrected chi connectivity index (χ0v) is 11.3. The molecule has 0 saturated heterocycles. The zero-order valence-electron chi connectivity index (χ0n) is 11.3. The molecule has 1 aliphatic heterocycles. The van der Waals surface area contributed by atoms with Gasteiger partial charge in [0.05, 0.1) is 11.0 Å². The smallest absolute Gasteiger partial charge is 0.319 e. The monoisotopic (exact) mass is 291 g/mol. The van der Waals surface area contributed by atoms with Crippen molar-refractivity contribution in [1.82, 2.24) is 10.6 Å². The van der Waals surface area contributed by atoms with Crippen LogP contribution in [-0.2, 0) is 4.79 Å². The van der Waals surface area contributed by atoms with Gasteiger partial charge in [0.25, 0.3) is 0 Å². The van der Waals surface area contributed by atoms with Crippen LogP contribution in [0.4, 0.5) is 10.5 Å². The highest BCUT2D eigenvalue weighted by atomic mass is 16.6. The predicted octanol–water partition coefficient (Wildman–Crippen LogP) is 1.52. The average molecular weight is 291 g/mol. The van der Waals surface area contributed by atoms with Gasteiger partial charge in [0.1, 0.15) is 0 Å². The number of phenols is 1. The summed E-state index contributed by atoms with van der Waals surface area (Å²) in [5.74, 6) is -0.878. The first-order valence-electron chi connectivity index (χ1n) is 6.08. The van der Waals surface area contributed by atoms with E-state index in [-0.39, 0.29) is 16.9 Å². The van der Waals surface area contributed by atoms with Crippen molar-refractivity contribution < 1.29 is 19.6 Å². The van der Waals surface area contributed by atoms with Gasteiger partial charge in [-0.3, -0.25) is 14.9 Å². The number of allylic oxidation sites excluding steroid dienone is 1. The number of nitro groups is 1. The van der Waals surface area contributed by atoms with Gasteiger partial charge in [0.15, 0.2) is 11.5 Å². The van der Waals surface area contributed by atoms with Crippen molar-refractivity contribution in [3.05, 3.63) is 45.1 Å². The number of aromatic hydroxyl groups is 1. The molecule has 0 unspecified atom stereocenters. The van der Waals surface area contributed by atoms with Crippen molar-refractivity contribution in [3.63, 3.8) is 0 Å². The Kier molecular flexibility index (Phi) is 3.62. The number of urea groups is 1. The molecule has 0 saturated carbocycles. The lowest BCUT2D eigenvalue weighted by Gasteiger charge is -2.28. The molecule has 1 atom stereocenters. The van der Waals surface area contributed by atoms with Gasteiger partial charge >= 0.3 is 11.7 Å². The van der Waals surface area contributed by atoms with Crippen LogP contribution in [0, 0.1) is 10.1 Å². The minimum atomic E-state index is -0.934. The molecule has 1 aromatic carbocycles. The maximum Gasteiger partial charge on any atom is 0.319 e. The summed E-state index contributed by atoms with van der Waals surface area (Å²) in [5.41, 5.74) is 0.206. The number of nitrogens with zero attached hydrogens (tertiary/aromatic N) is 1. The normalized spacial score (nSPS) is 18.0.